The number of aromatic nitrogens is 3. The number of pyridine rings is 1. The van der Waals surface area contributed by atoms with Gasteiger partial charge in [0, 0.05) is 37.3 Å². The van der Waals surface area contributed by atoms with E-state index >= 15 is 0 Å². The van der Waals surface area contributed by atoms with Crippen molar-refractivity contribution in [1.29, 1.82) is 0 Å². The molecule has 0 aliphatic carbocycles. The summed E-state index contributed by atoms with van der Waals surface area (Å²) in [6, 6.07) is 18.3. The number of H-pyrrole nitrogens is 1. The van der Waals surface area contributed by atoms with E-state index in [0.29, 0.717) is 29.4 Å². The number of nitrogens with one attached hydrogen (secondary N) is 1. The Kier molecular flexibility index (Phi) is 5.15. The maximum atomic E-state index is 12.8. The first-order chi connectivity index (χ1) is 15.6. The Morgan fingerprint density at radius 3 is 2.69 bits per heavy atom. The first kappa shape index (κ1) is 19.9. The Morgan fingerprint density at radius 1 is 1.09 bits per heavy atom. The summed E-state index contributed by atoms with van der Waals surface area (Å²) in [6.07, 6.45) is 2.99. The number of nitrogens with zero attached hydrogens (tertiary/aromatic N) is 3. The molecule has 32 heavy (non-hydrogen) atoms. The summed E-state index contributed by atoms with van der Waals surface area (Å²) in [5.41, 5.74) is 3.02. The van der Waals surface area contributed by atoms with E-state index in [1.54, 1.807) is 35.4 Å². The molecule has 5 rings (SSSR count). The predicted molar refractivity (Wildman–Crippen MR) is 120 cm³/mol. The predicted octanol–water partition coefficient (Wildman–Crippen LogP) is 4.32. The maximum absolute atomic E-state index is 12.8. The normalized spacial score (nSPS) is 16.3. The second-order valence-electron chi connectivity index (χ2n) is 7.96. The van der Waals surface area contributed by atoms with Crippen LogP contribution in [0.1, 0.15) is 40.5 Å². The molecule has 0 radical (unpaired) electrons. The van der Waals surface area contributed by atoms with Crippen molar-refractivity contribution in [3.63, 3.8) is 0 Å². The molecule has 4 aromatic rings. The van der Waals surface area contributed by atoms with Gasteiger partial charge in [0.1, 0.15) is 5.75 Å². The zero-order chi connectivity index (χ0) is 22.1. The number of carbonyl (C=O) groups is 2. The first-order valence-corrected chi connectivity index (χ1v) is 10.5. The van der Waals surface area contributed by atoms with E-state index in [2.05, 4.69) is 15.0 Å². The number of hydrogen-bond acceptors (Lipinski definition) is 5. The molecule has 0 unspecified atom stereocenters. The highest BCUT2D eigenvalue weighted by molar-refractivity contribution is 6.08. The molecule has 0 bridgehead atoms. The lowest BCUT2D eigenvalue weighted by molar-refractivity contribution is -0.132. The number of carbonyl (C=O) groups excluding carboxylic acids is 2. The minimum Gasteiger partial charge on any atom is -0.439 e. The number of benzene rings is 2. The third-order valence-corrected chi connectivity index (χ3v) is 5.84. The molecular formula is C25H22N4O3. The Hall–Kier alpha value is -4.00. The third kappa shape index (κ3) is 3.85. The molecule has 1 aliphatic rings. The van der Waals surface area contributed by atoms with Gasteiger partial charge in [-0.2, -0.15) is 0 Å². The van der Waals surface area contributed by atoms with Crippen LogP contribution in [0.5, 0.6) is 11.6 Å². The second-order valence-corrected chi connectivity index (χ2v) is 7.96. The monoisotopic (exact) mass is 426 g/mol. The van der Waals surface area contributed by atoms with E-state index in [1.807, 2.05) is 43.4 Å². The Morgan fingerprint density at radius 2 is 1.91 bits per heavy atom. The molecule has 1 saturated heterocycles. The van der Waals surface area contributed by atoms with Crippen molar-refractivity contribution in [2.45, 2.75) is 18.8 Å². The van der Waals surface area contributed by atoms with Crippen LogP contribution in [0, 0.1) is 0 Å². The van der Waals surface area contributed by atoms with Gasteiger partial charge in [0.2, 0.25) is 17.6 Å². The van der Waals surface area contributed by atoms with Crippen molar-refractivity contribution in [1.82, 2.24) is 19.9 Å². The van der Waals surface area contributed by atoms with E-state index in [4.69, 9.17) is 4.74 Å². The van der Waals surface area contributed by atoms with Crippen LogP contribution in [0.3, 0.4) is 0 Å². The van der Waals surface area contributed by atoms with Gasteiger partial charge in [-0.1, -0.05) is 18.2 Å². The standard InChI is InChI=1S/C25H22N4O3/c1-29-14-12-17(15-22(29)30)19-5-4-13-26-25(19)32-18-10-8-16(9-11-18)23(31)24-27-20-6-2-3-7-21(20)28-24/h2-11,13,17H,12,14-15H2,1H3,(H,27,28)/t17-/m1/s1. The molecule has 1 atom stereocenters. The summed E-state index contributed by atoms with van der Waals surface area (Å²) >= 11 is 0. The van der Waals surface area contributed by atoms with Crippen molar-refractivity contribution < 1.29 is 14.3 Å². The van der Waals surface area contributed by atoms with Crippen LogP contribution in [0.25, 0.3) is 11.0 Å². The molecule has 7 nitrogen and oxygen atoms in total. The number of imidazole rings is 1. The number of hydrogen-bond donors (Lipinski definition) is 1. The fourth-order valence-electron chi connectivity index (χ4n) is 3.99. The van der Waals surface area contributed by atoms with Crippen LogP contribution >= 0.6 is 0 Å². The molecule has 2 aromatic heterocycles. The zero-order valence-electron chi connectivity index (χ0n) is 17.6. The molecule has 1 aliphatic heterocycles. The summed E-state index contributed by atoms with van der Waals surface area (Å²) in [7, 11) is 1.83. The van der Waals surface area contributed by atoms with Crippen molar-refractivity contribution in [3.8, 4) is 11.6 Å². The third-order valence-electron chi connectivity index (χ3n) is 5.84. The number of likely N-dealkylation sites (tertiary alicyclic amines) is 1. The van der Waals surface area contributed by atoms with E-state index in [-0.39, 0.29) is 17.6 Å². The van der Waals surface area contributed by atoms with E-state index < -0.39 is 0 Å². The van der Waals surface area contributed by atoms with E-state index in [9.17, 15) is 9.59 Å². The fourth-order valence-corrected chi connectivity index (χ4v) is 3.99. The van der Waals surface area contributed by atoms with Gasteiger partial charge < -0.3 is 14.6 Å². The number of rotatable bonds is 5. The van der Waals surface area contributed by atoms with Crippen LogP contribution in [-0.4, -0.2) is 45.1 Å². The minimum absolute atomic E-state index is 0.0799. The lowest BCUT2D eigenvalue weighted by atomic mass is 9.90. The van der Waals surface area contributed by atoms with Gasteiger partial charge in [-0.3, -0.25) is 9.59 Å². The smallest absolute Gasteiger partial charge is 0.228 e. The van der Waals surface area contributed by atoms with E-state index in [1.165, 1.54) is 0 Å². The quantitative estimate of drug-likeness (QED) is 0.480. The Balaban J connectivity index is 1.34. The van der Waals surface area contributed by atoms with Gasteiger partial charge in [0.05, 0.1) is 11.0 Å². The molecule has 1 amide bonds. The second kappa shape index (κ2) is 8.26. The average Bonchev–Trinajstić information content (AvgIpc) is 3.26. The number of amides is 1. The lowest BCUT2D eigenvalue weighted by Gasteiger charge is -2.29. The summed E-state index contributed by atoms with van der Waals surface area (Å²) < 4.78 is 6.04. The minimum atomic E-state index is -0.184. The van der Waals surface area contributed by atoms with Gasteiger partial charge in [-0.05, 0) is 54.8 Å². The molecule has 1 fully saturated rings. The summed E-state index contributed by atoms with van der Waals surface area (Å²) in [4.78, 5) is 38.6. The van der Waals surface area contributed by atoms with Crippen LogP contribution < -0.4 is 4.74 Å². The molecule has 7 heteroatoms. The molecule has 160 valence electrons. The zero-order valence-corrected chi connectivity index (χ0v) is 17.6. The summed E-state index contributed by atoms with van der Waals surface area (Å²) in [5, 5.41) is 0. The summed E-state index contributed by atoms with van der Waals surface area (Å²) in [5.74, 6) is 1.40. The molecule has 0 saturated carbocycles. The van der Waals surface area contributed by atoms with Crippen molar-refractivity contribution >= 4 is 22.7 Å². The van der Waals surface area contributed by atoms with Gasteiger partial charge in [-0.15, -0.1) is 0 Å². The fraction of sp³-hybridized carbons (Fsp3) is 0.200. The van der Waals surface area contributed by atoms with Gasteiger partial charge in [0.25, 0.3) is 0 Å². The lowest BCUT2D eigenvalue weighted by Crippen LogP contribution is -2.34. The van der Waals surface area contributed by atoms with Gasteiger partial charge in [-0.25, -0.2) is 9.97 Å². The van der Waals surface area contributed by atoms with Gasteiger partial charge in [0.15, 0.2) is 5.82 Å². The Bertz CT molecular complexity index is 1260. The molecule has 1 N–H and O–H groups in total. The molecule has 2 aromatic carbocycles. The van der Waals surface area contributed by atoms with Crippen molar-refractivity contribution in [2.75, 3.05) is 13.6 Å². The SMILES string of the molecule is CN1CC[C@@H](c2cccnc2Oc2ccc(C(=O)c3nc4ccccc4[nH]3)cc2)CC1=O. The number of ether oxygens (including phenoxy) is 1. The van der Waals surface area contributed by atoms with Crippen LogP contribution in [-0.2, 0) is 4.79 Å². The van der Waals surface area contributed by atoms with Crippen LogP contribution in [0.4, 0.5) is 0 Å². The summed E-state index contributed by atoms with van der Waals surface area (Å²) in [6.45, 7) is 0.719. The average molecular weight is 426 g/mol. The number of piperidine rings is 1. The highest BCUT2D eigenvalue weighted by Gasteiger charge is 2.27. The maximum Gasteiger partial charge on any atom is 0.228 e. The highest BCUT2D eigenvalue weighted by Crippen LogP contribution is 2.35. The first-order valence-electron chi connectivity index (χ1n) is 10.5. The molecular weight excluding hydrogens is 404 g/mol. The number of aromatic amines is 1. The van der Waals surface area contributed by atoms with E-state index in [0.717, 1.165) is 29.6 Å². The number of fused-ring (bicyclic) bond motifs is 1. The molecule has 3 heterocycles. The number of para-hydroxylation sites is 2. The van der Waals surface area contributed by atoms with Crippen molar-refractivity contribution in [2.24, 2.45) is 0 Å². The highest BCUT2D eigenvalue weighted by atomic mass is 16.5. The number of ketones is 1. The largest absolute Gasteiger partial charge is 0.439 e. The van der Waals surface area contributed by atoms with Crippen molar-refractivity contribution in [3.05, 3.63) is 83.8 Å². The topological polar surface area (TPSA) is 88.2 Å². The van der Waals surface area contributed by atoms with Crippen LogP contribution in [0.15, 0.2) is 66.9 Å². The van der Waals surface area contributed by atoms with Crippen LogP contribution in [0.2, 0.25) is 0 Å². The van der Waals surface area contributed by atoms with Gasteiger partial charge >= 0.3 is 0 Å². The molecule has 0 spiro atoms. The Labute approximate surface area is 185 Å².